The number of aryl methyl sites for hydroxylation is 1. The zero-order valence-corrected chi connectivity index (χ0v) is 17.3. The summed E-state index contributed by atoms with van der Waals surface area (Å²) in [6, 6.07) is 11.6. The van der Waals surface area contributed by atoms with E-state index in [1.54, 1.807) is 20.2 Å². The third-order valence-electron chi connectivity index (χ3n) is 4.83. The van der Waals surface area contributed by atoms with Gasteiger partial charge in [-0.05, 0) is 6.07 Å². The first kappa shape index (κ1) is 20.4. The molecule has 0 aliphatic rings. The molecule has 1 N–H and O–H groups in total. The van der Waals surface area contributed by atoms with Crippen LogP contribution in [0, 0.1) is 0 Å². The maximum absolute atomic E-state index is 13.0. The number of benzene rings is 1. The third-order valence-corrected chi connectivity index (χ3v) is 4.83. The van der Waals surface area contributed by atoms with Gasteiger partial charge < -0.3 is 10.1 Å². The van der Waals surface area contributed by atoms with Crippen LogP contribution in [0.2, 0.25) is 0 Å². The van der Waals surface area contributed by atoms with E-state index in [1.807, 2.05) is 47.1 Å². The number of rotatable bonds is 8. The number of carbonyl (C=O) groups is 2. The monoisotopic (exact) mass is 418 g/mol. The average Bonchev–Trinajstić information content (AvgIpc) is 3.37. The highest BCUT2D eigenvalue weighted by molar-refractivity contribution is 6.07. The van der Waals surface area contributed by atoms with Crippen molar-refractivity contribution in [2.75, 3.05) is 20.3 Å². The van der Waals surface area contributed by atoms with Crippen LogP contribution in [-0.4, -0.2) is 56.1 Å². The normalized spacial score (nSPS) is 11.0. The lowest BCUT2D eigenvalue weighted by atomic mass is 10.1. The predicted octanol–water partition coefficient (Wildman–Crippen LogP) is 1.93. The van der Waals surface area contributed by atoms with Gasteiger partial charge in [-0.25, -0.2) is 9.97 Å². The molecule has 3 aromatic heterocycles. The van der Waals surface area contributed by atoms with Crippen molar-refractivity contribution in [1.29, 1.82) is 0 Å². The summed E-state index contributed by atoms with van der Waals surface area (Å²) in [6.07, 6.45) is 5.15. The zero-order chi connectivity index (χ0) is 21.8. The molecule has 0 spiro atoms. The molecule has 9 heteroatoms. The number of methoxy groups -OCH3 is 1. The van der Waals surface area contributed by atoms with Crippen molar-refractivity contribution in [3.63, 3.8) is 0 Å². The maximum Gasteiger partial charge on any atom is 0.255 e. The second-order valence-electron chi connectivity index (χ2n) is 7.00. The molecule has 0 fully saturated rings. The molecule has 1 amide bonds. The fourth-order valence-electron chi connectivity index (χ4n) is 3.30. The highest BCUT2D eigenvalue weighted by atomic mass is 16.5. The van der Waals surface area contributed by atoms with Gasteiger partial charge in [-0.15, -0.1) is 0 Å². The van der Waals surface area contributed by atoms with E-state index in [0.29, 0.717) is 24.6 Å². The van der Waals surface area contributed by atoms with E-state index in [1.165, 1.54) is 10.9 Å². The smallest absolute Gasteiger partial charge is 0.255 e. The number of amides is 1. The van der Waals surface area contributed by atoms with E-state index in [4.69, 9.17) is 4.74 Å². The van der Waals surface area contributed by atoms with Crippen molar-refractivity contribution >= 4 is 17.5 Å². The van der Waals surface area contributed by atoms with E-state index in [-0.39, 0.29) is 29.4 Å². The summed E-state index contributed by atoms with van der Waals surface area (Å²) in [4.78, 5) is 34.5. The highest BCUT2D eigenvalue weighted by Crippen LogP contribution is 2.18. The molecule has 0 aliphatic carbocycles. The van der Waals surface area contributed by atoms with Crippen molar-refractivity contribution in [2.45, 2.75) is 6.42 Å². The molecule has 4 aromatic rings. The molecule has 4 rings (SSSR count). The number of hydrogen-bond acceptors (Lipinski definition) is 6. The minimum absolute atomic E-state index is 0.0297. The van der Waals surface area contributed by atoms with E-state index in [0.717, 1.165) is 11.3 Å². The first-order chi connectivity index (χ1) is 15.1. The number of ketones is 1. The summed E-state index contributed by atoms with van der Waals surface area (Å²) in [5.41, 5.74) is 2.83. The van der Waals surface area contributed by atoms with Gasteiger partial charge >= 0.3 is 0 Å². The second-order valence-corrected chi connectivity index (χ2v) is 7.00. The molecule has 31 heavy (non-hydrogen) atoms. The summed E-state index contributed by atoms with van der Waals surface area (Å²) >= 11 is 0. The van der Waals surface area contributed by atoms with Gasteiger partial charge in [0.05, 0.1) is 36.2 Å². The molecule has 9 nitrogen and oxygen atoms in total. The number of aromatic nitrogens is 5. The van der Waals surface area contributed by atoms with Crippen LogP contribution in [0.3, 0.4) is 0 Å². The molecule has 0 unspecified atom stereocenters. The third kappa shape index (κ3) is 4.36. The average molecular weight is 418 g/mol. The van der Waals surface area contributed by atoms with Crippen LogP contribution in [0.5, 0.6) is 0 Å². The van der Waals surface area contributed by atoms with Crippen LogP contribution >= 0.6 is 0 Å². The largest absolute Gasteiger partial charge is 0.383 e. The summed E-state index contributed by atoms with van der Waals surface area (Å²) in [7, 11) is 3.19. The Hall–Kier alpha value is -3.85. The number of nitrogens with zero attached hydrogens (tertiary/aromatic N) is 5. The molecule has 0 atom stereocenters. The maximum atomic E-state index is 13.0. The number of ether oxygens (including phenoxy) is 1. The van der Waals surface area contributed by atoms with Crippen LogP contribution < -0.4 is 5.32 Å². The Bertz CT molecular complexity index is 1230. The fourth-order valence-corrected chi connectivity index (χ4v) is 3.30. The number of carbonyl (C=O) groups excluding carboxylic acids is 2. The quantitative estimate of drug-likeness (QED) is 0.346. The van der Waals surface area contributed by atoms with Crippen LogP contribution in [0.25, 0.3) is 17.0 Å². The number of fused-ring (bicyclic) bond motifs is 1. The number of hydrogen-bond donors (Lipinski definition) is 1. The van der Waals surface area contributed by atoms with Gasteiger partial charge in [0.25, 0.3) is 5.91 Å². The molecular weight excluding hydrogens is 396 g/mol. The van der Waals surface area contributed by atoms with Crippen molar-refractivity contribution in [1.82, 2.24) is 29.5 Å². The zero-order valence-electron chi connectivity index (χ0n) is 17.3. The van der Waals surface area contributed by atoms with Crippen molar-refractivity contribution < 1.29 is 14.3 Å². The first-order valence-electron chi connectivity index (χ1n) is 9.79. The topological polar surface area (TPSA) is 103 Å². The van der Waals surface area contributed by atoms with Crippen LogP contribution in [0.15, 0.2) is 55.0 Å². The van der Waals surface area contributed by atoms with Gasteiger partial charge in [0.2, 0.25) is 5.78 Å². The number of nitrogens with one attached hydrogen (secondary N) is 1. The van der Waals surface area contributed by atoms with Gasteiger partial charge in [-0.1, -0.05) is 30.3 Å². The summed E-state index contributed by atoms with van der Waals surface area (Å²) in [5, 5.41) is 6.80. The summed E-state index contributed by atoms with van der Waals surface area (Å²) < 4.78 is 8.16. The molecule has 0 bridgehead atoms. The van der Waals surface area contributed by atoms with Crippen molar-refractivity contribution in [3.05, 3.63) is 71.9 Å². The lowest BCUT2D eigenvalue weighted by Crippen LogP contribution is -2.28. The van der Waals surface area contributed by atoms with Crippen molar-refractivity contribution in [2.24, 2.45) is 7.05 Å². The molecule has 0 aliphatic heterocycles. The van der Waals surface area contributed by atoms with E-state index in [2.05, 4.69) is 20.4 Å². The highest BCUT2D eigenvalue weighted by Gasteiger charge is 2.22. The Balaban J connectivity index is 1.55. The minimum atomic E-state index is -0.363. The molecule has 0 radical (unpaired) electrons. The SMILES string of the molecule is COCCNC(=O)c1cnn(C)c1C(=O)Cc1ccn2cc(-c3ccccc3)nc2n1. The van der Waals surface area contributed by atoms with Crippen molar-refractivity contribution in [3.8, 4) is 11.3 Å². The molecule has 158 valence electrons. The Morgan fingerprint density at radius 1 is 1.13 bits per heavy atom. The minimum Gasteiger partial charge on any atom is -0.383 e. The molecule has 3 heterocycles. The van der Waals surface area contributed by atoms with E-state index in [9.17, 15) is 9.59 Å². The molecule has 0 saturated heterocycles. The Morgan fingerprint density at radius 2 is 1.94 bits per heavy atom. The van der Waals surface area contributed by atoms with Crippen LogP contribution in [-0.2, 0) is 18.2 Å². The second kappa shape index (κ2) is 8.88. The lowest BCUT2D eigenvalue weighted by Gasteiger charge is -2.07. The molecular formula is C22H22N6O3. The standard InChI is InChI=1S/C22H22N6O3/c1-27-20(17(13-24-27)21(30)23-9-11-31-2)19(29)12-16-8-10-28-14-18(26-22(28)25-16)15-6-4-3-5-7-15/h3-8,10,13-14H,9,11-12H2,1-2H3,(H,23,30). The van der Waals surface area contributed by atoms with E-state index >= 15 is 0 Å². The van der Waals surface area contributed by atoms with Crippen LogP contribution in [0.4, 0.5) is 0 Å². The van der Waals surface area contributed by atoms with Gasteiger partial charge in [-0.3, -0.25) is 18.7 Å². The van der Waals surface area contributed by atoms with Gasteiger partial charge in [0, 0.05) is 38.7 Å². The molecule has 0 saturated carbocycles. The van der Waals surface area contributed by atoms with Gasteiger partial charge in [-0.2, -0.15) is 5.10 Å². The number of imidazole rings is 1. The lowest BCUT2D eigenvalue weighted by molar-refractivity contribution is 0.0919. The summed E-state index contributed by atoms with van der Waals surface area (Å²) in [6.45, 7) is 0.730. The van der Waals surface area contributed by atoms with Crippen LogP contribution in [0.1, 0.15) is 26.5 Å². The fraction of sp³-hybridized carbons (Fsp3) is 0.227. The Labute approximate surface area is 178 Å². The Kier molecular flexibility index (Phi) is 5.85. The van der Waals surface area contributed by atoms with Gasteiger partial charge in [0.15, 0.2) is 5.78 Å². The predicted molar refractivity (Wildman–Crippen MR) is 114 cm³/mol. The van der Waals surface area contributed by atoms with Gasteiger partial charge in [0.1, 0.15) is 5.69 Å². The Morgan fingerprint density at radius 3 is 2.71 bits per heavy atom. The summed E-state index contributed by atoms with van der Waals surface area (Å²) in [5.74, 6) is -0.104. The molecule has 1 aromatic carbocycles. The first-order valence-corrected chi connectivity index (χ1v) is 9.79. The number of Topliss-reactive ketones (excluding diaryl/α,β-unsaturated/α-hetero) is 1. The van der Waals surface area contributed by atoms with E-state index < -0.39 is 0 Å².